The number of carbonyl (C=O) groups excluding carboxylic acids is 2. The summed E-state index contributed by atoms with van der Waals surface area (Å²) in [5.74, 6) is -0.326. The van der Waals surface area contributed by atoms with Crippen LogP contribution in [0.2, 0.25) is 0 Å². The van der Waals surface area contributed by atoms with Crippen LogP contribution in [-0.4, -0.2) is 36.7 Å². The van der Waals surface area contributed by atoms with Crippen LogP contribution in [0.1, 0.15) is 16.7 Å². The van der Waals surface area contributed by atoms with E-state index in [4.69, 9.17) is 4.74 Å². The first-order valence-corrected chi connectivity index (χ1v) is 12.1. The number of nitrogens with one attached hydrogen (secondary N) is 1. The van der Waals surface area contributed by atoms with Gasteiger partial charge >= 0.3 is 30.6 Å². The van der Waals surface area contributed by atoms with Crippen molar-refractivity contribution in [2.45, 2.75) is 24.1 Å². The molecule has 2 aliphatic rings. The van der Waals surface area contributed by atoms with Crippen molar-refractivity contribution in [2.24, 2.45) is 4.99 Å². The van der Waals surface area contributed by atoms with Gasteiger partial charge in [-0.15, -0.1) is 0 Å². The largest absolute Gasteiger partial charge is 0.416 e. The number of amides is 4. The number of amidine groups is 1. The van der Waals surface area contributed by atoms with Crippen molar-refractivity contribution in [2.75, 3.05) is 28.3 Å². The lowest BCUT2D eigenvalue weighted by Crippen LogP contribution is -2.64. The van der Waals surface area contributed by atoms with Crippen molar-refractivity contribution in [3.8, 4) is 0 Å². The Kier molecular flexibility index (Phi) is 7.15. The fraction of sp³-hybridized carbons (Fsp3) is 0.222. The molecular formula is C27H17F9N4O3. The molecule has 3 aromatic rings. The van der Waals surface area contributed by atoms with Gasteiger partial charge in [0, 0.05) is 11.4 Å². The van der Waals surface area contributed by atoms with E-state index in [2.05, 4.69) is 10.3 Å². The fourth-order valence-electron chi connectivity index (χ4n) is 4.57. The first-order valence-electron chi connectivity index (χ1n) is 12.1. The summed E-state index contributed by atoms with van der Waals surface area (Å²) in [7, 11) is 0. The number of halogens is 9. The minimum atomic E-state index is -4.71. The van der Waals surface area contributed by atoms with E-state index >= 15 is 0 Å². The predicted octanol–water partition coefficient (Wildman–Crippen LogP) is 7.59. The normalized spacial score (nSPS) is 17.9. The number of alkyl halides is 9. The molecule has 7 nitrogen and oxygen atoms in total. The van der Waals surface area contributed by atoms with Crippen molar-refractivity contribution in [3.63, 3.8) is 0 Å². The van der Waals surface area contributed by atoms with Crippen LogP contribution in [-0.2, 0) is 23.3 Å². The molecule has 0 unspecified atom stereocenters. The van der Waals surface area contributed by atoms with Gasteiger partial charge in [-0.1, -0.05) is 0 Å². The molecule has 43 heavy (non-hydrogen) atoms. The molecule has 1 N–H and O–H groups in total. The van der Waals surface area contributed by atoms with E-state index in [1.807, 2.05) is 0 Å². The second-order valence-corrected chi connectivity index (χ2v) is 9.51. The summed E-state index contributed by atoms with van der Waals surface area (Å²) >= 11 is 0. The Bertz CT molecular complexity index is 1560. The van der Waals surface area contributed by atoms with E-state index in [1.165, 1.54) is 0 Å². The number of aliphatic imine (C=N–C) groups is 1. The first-order chi connectivity index (χ1) is 20.0. The molecule has 2 fully saturated rings. The van der Waals surface area contributed by atoms with Crippen molar-refractivity contribution < 1.29 is 53.8 Å². The van der Waals surface area contributed by atoms with E-state index in [9.17, 15) is 49.1 Å². The fourth-order valence-corrected chi connectivity index (χ4v) is 4.57. The highest BCUT2D eigenvalue weighted by Crippen LogP contribution is 2.43. The molecule has 3 aromatic carbocycles. The van der Waals surface area contributed by atoms with Gasteiger partial charge in [0.15, 0.2) is 11.4 Å². The molecule has 1 spiro atoms. The Morgan fingerprint density at radius 3 is 1.51 bits per heavy atom. The number of rotatable bonds is 3. The minimum Gasteiger partial charge on any atom is -0.375 e. The van der Waals surface area contributed by atoms with E-state index in [0.717, 1.165) is 58.3 Å². The van der Waals surface area contributed by atoms with Crippen molar-refractivity contribution in [3.05, 3.63) is 89.5 Å². The van der Waals surface area contributed by atoms with Crippen molar-refractivity contribution in [1.29, 1.82) is 0 Å². The van der Waals surface area contributed by atoms with Gasteiger partial charge in [0.05, 0.1) is 35.6 Å². The molecule has 0 aliphatic carbocycles. The van der Waals surface area contributed by atoms with E-state index in [0.29, 0.717) is 24.3 Å². The van der Waals surface area contributed by atoms with Gasteiger partial charge < -0.3 is 10.1 Å². The third-order valence-electron chi connectivity index (χ3n) is 6.70. The molecule has 4 amide bonds. The minimum absolute atomic E-state index is 0.0495. The summed E-state index contributed by atoms with van der Waals surface area (Å²) in [6.45, 7) is -0.577. The van der Waals surface area contributed by atoms with Crippen LogP contribution in [0.5, 0.6) is 0 Å². The number of hydrogen-bond acceptors (Lipinski definition) is 3. The topological polar surface area (TPSA) is 74.2 Å². The third-order valence-corrected chi connectivity index (χ3v) is 6.70. The summed E-state index contributed by atoms with van der Waals surface area (Å²) < 4.78 is 123. The zero-order valence-corrected chi connectivity index (χ0v) is 21.3. The SMILES string of the molecule is O=C(/N=C1\N(c2ccc(C(F)(F)F)cc2)C(=O)N(c2ccc(C(F)(F)F)cc2)C12COC2)Nc1ccc(C(F)(F)F)cc1. The van der Waals surface area contributed by atoms with E-state index < -0.39 is 52.8 Å². The number of ether oxygens (including phenoxy) is 1. The maximum atomic E-state index is 13.8. The number of carbonyl (C=O) groups is 2. The molecule has 2 saturated heterocycles. The predicted molar refractivity (Wildman–Crippen MR) is 135 cm³/mol. The highest BCUT2D eigenvalue weighted by Gasteiger charge is 2.61. The number of nitrogens with zero attached hydrogens (tertiary/aromatic N) is 3. The Morgan fingerprint density at radius 2 is 1.12 bits per heavy atom. The van der Waals surface area contributed by atoms with Gasteiger partial charge in [-0.25, -0.2) is 14.5 Å². The van der Waals surface area contributed by atoms with Crippen LogP contribution in [0.25, 0.3) is 0 Å². The van der Waals surface area contributed by atoms with Crippen LogP contribution in [0.3, 0.4) is 0 Å². The molecule has 0 atom stereocenters. The maximum Gasteiger partial charge on any atom is 0.416 e. The lowest BCUT2D eigenvalue weighted by Gasteiger charge is -2.43. The van der Waals surface area contributed by atoms with E-state index in [-0.39, 0.29) is 36.1 Å². The highest BCUT2D eigenvalue weighted by atomic mass is 19.4. The Labute approximate surface area is 236 Å². The maximum absolute atomic E-state index is 13.8. The molecule has 2 heterocycles. The standard InChI is InChI=1S/C27H17F9N4O3/c28-25(29,30)15-1-7-18(8-2-15)37-22(41)38-21-24(13-43-14-24)40(20-11-5-17(6-12-20)27(34,35)36)23(42)39(21)19-9-3-16(4-10-19)26(31,32)33/h1-12H,13-14H2,(H,37,41)/b38-21-. The molecular weight excluding hydrogens is 599 g/mol. The van der Waals surface area contributed by atoms with Gasteiger partial charge in [-0.3, -0.25) is 4.90 Å². The quantitative estimate of drug-likeness (QED) is 0.308. The Morgan fingerprint density at radius 1 is 0.698 bits per heavy atom. The Hall–Kier alpha value is -4.60. The second-order valence-electron chi connectivity index (χ2n) is 9.51. The van der Waals surface area contributed by atoms with Gasteiger partial charge in [-0.2, -0.15) is 44.5 Å². The average molecular weight is 616 g/mol. The lowest BCUT2D eigenvalue weighted by molar-refractivity contribution is -0.138. The van der Waals surface area contributed by atoms with Crippen LogP contribution in [0.4, 0.5) is 66.2 Å². The summed E-state index contributed by atoms with van der Waals surface area (Å²) in [6.07, 6.45) is -14.0. The van der Waals surface area contributed by atoms with Crippen LogP contribution in [0, 0.1) is 0 Å². The average Bonchev–Trinajstić information content (AvgIpc) is 3.15. The zero-order chi connectivity index (χ0) is 31.4. The summed E-state index contributed by atoms with van der Waals surface area (Å²) in [6, 6.07) is 8.00. The summed E-state index contributed by atoms with van der Waals surface area (Å²) in [5.41, 5.74) is -4.88. The highest BCUT2D eigenvalue weighted by molar-refractivity contribution is 6.34. The van der Waals surface area contributed by atoms with Gasteiger partial charge in [0.25, 0.3) is 0 Å². The monoisotopic (exact) mass is 616 g/mol. The van der Waals surface area contributed by atoms with E-state index in [1.54, 1.807) is 0 Å². The summed E-state index contributed by atoms with van der Waals surface area (Å²) in [4.78, 5) is 32.6. The van der Waals surface area contributed by atoms with Gasteiger partial charge in [-0.05, 0) is 72.8 Å². The molecule has 0 bridgehead atoms. The molecule has 5 rings (SSSR count). The van der Waals surface area contributed by atoms with Crippen molar-refractivity contribution >= 4 is 35.0 Å². The molecule has 0 saturated carbocycles. The Balaban J connectivity index is 1.56. The van der Waals surface area contributed by atoms with Crippen molar-refractivity contribution in [1.82, 2.24) is 0 Å². The number of urea groups is 2. The molecule has 16 heteroatoms. The molecule has 0 radical (unpaired) electrons. The lowest BCUT2D eigenvalue weighted by atomic mass is 9.93. The zero-order valence-electron chi connectivity index (χ0n) is 21.3. The van der Waals surface area contributed by atoms with Crippen LogP contribution < -0.4 is 15.1 Å². The number of anilines is 3. The van der Waals surface area contributed by atoms with Gasteiger partial charge in [0.2, 0.25) is 0 Å². The number of hydrogen-bond donors (Lipinski definition) is 1. The molecule has 0 aromatic heterocycles. The third kappa shape index (κ3) is 5.61. The number of benzene rings is 3. The van der Waals surface area contributed by atoms with Crippen LogP contribution in [0.15, 0.2) is 77.8 Å². The van der Waals surface area contributed by atoms with Crippen LogP contribution >= 0.6 is 0 Å². The molecule has 2 aliphatic heterocycles. The first kappa shape index (κ1) is 29.9. The summed E-state index contributed by atoms with van der Waals surface area (Å²) in [5, 5.41) is 2.26. The molecule has 226 valence electrons. The van der Waals surface area contributed by atoms with Gasteiger partial charge in [0.1, 0.15) is 0 Å². The second kappa shape index (κ2) is 10.3. The smallest absolute Gasteiger partial charge is 0.375 e.